The summed E-state index contributed by atoms with van der Waals surface area (Å²) in [5.41, 5.74) is 2.87. The largest absolute Gasteiger partial charge is 0.396 e. The molecule has 2 rings (SSSR count). The molecule has 20 heavy (non-hydrogen) atoms. The van der Waals surface area contributed by atoms with Crippen LogP contribution in [0.4, 0.5) is 10.5 Å². The second kappa shape index (κ2) is 5.83. The van der Waals surface area contributed by atoms with Crippen molar-refractivity contribution < 1.29 is 9.90 Å². The minimum absolute atomic E-state index is 0.0401. The van der Waals surface area contributed by atoms with E-state index in [0.29, 0.717) is 0 Å². The molecule has 0 aliphatic heterocycles. The van der Waals surface area contributed by atoms with Crippen LogP contribution in [0.1, 0.15) is 37.3 Å². The van der Waals surface area contributed by atoms with Gasteiger partial charge in [-0.15, -0.1) is 0 Å². The second-order valence-electron chi connectivity index (χ2n) is 6.17. The minimum atomic E-state index is -0.195. The number of hydrogen-bond donors (Lipinski definition) is 3. The predicted octanol–water partition coefficient (Wildman–Crippen LogP) is 2.98. The Hall–Kier alpha value is -1.55. The molecule has 2 amide bonds. The molecule has 4 heteroatoms. The van der Waals surface area contributed by atoms with E-state index in [9.17, 15) is 9.90 Å². The molecule has 1 aliphatic rings. The first-order valence-corrected chi connectivity index (χ1v) is 7.20. The van der Waals surface area contributed by atoms with E-state index in [1.165, 1.54) is 5.56 Å². The number of benzene rings is 1. The zero-order valence-electron chi connectivity index (χ0n) is 12.5. The van der Waals surface area contributed by atoms with Crippen molar-refractivity contribution in [3.8, 4) is 0 Å². The van der Waals surface area contributed by atoms with E-state index in [-0.39, 0.29) is 24.1 Å². The first-order valence-electron chi connectivity index (χ1n) is 7.20. The van der Waals surface area contributed by atoms with E-state index in [1.807, 2.05) is 39.0 Å². The number of nitrogens with one attached hydrogen (secondary N) is 2. The maximum Gasteiger partial charge on any atom is 0.319 e. The highest BCUT2D eigenvalue weighted by Gasteiger charge is 2.39. The van der Waals surface area contributed by atoms with Crippen LogP contribution in [0.2, 0.25) is 0 Å². The molecule has 1 aliphatic carbocycles. The molecule has 0 spiro atoms. The van der Waals surface area contributed by atoms with E-state index < -0.39 is 0 Å². The zero-order chi connectivity index (χ0) is 14.8. The van der Waals surface area contributed by atoms with Gasteiger partial charge in [-0.2, -0.15) is 0 Å². The Morgan fingerprint density at radius 2 is 2.20 bits per heavy atom. The third-order valence-corrected chi connectivity index (χ3v) is 4.38. The smallest absolute Gasteiger partial charge is 0.319 e. The van der Waals surface area contributed by atoms with Crippen LogP contribution in [-0.2, 0) is 0 Å². The minimum Gasteiger partial charge on any atom is -0.396 e. The third kappa shape index (κ3) is 3.12. The summed E-state index contributed by atoms with van der Waals surface area (Å²) in [6, 6.07) is 5.80. The Bertz CT molecular complexity index is 501. The fourth-order valence-electron chi connectivity index (χ4n) is 2.94. The molecule has 1 aromatic rings. The molecule has 3 N–H and O–H groups in total. The summed E-state index contributed by atoms with van der Waals surface area (Å²) in [4.78, 5) is 12.1. The Morgan fingerprint density at radius 3 is 2.85 bits per heavy atom. The first-order chi connectivity index (χ1) is 9.44. The fraction of sp³-hybridized carbons (Fsp3) is 0.562. The van der Waals surface area contributed by atoms with Gasteiger partial charge in [-0.1, -0.05) is 31.0 Å². The molecule has 1 saturated carbocycles. The first kappa shape index (κ1) is 14.9. The Kier molecular flexibility index (Phi) is 4.33. The number of urea groups is 1. The molecule has 4 nitrogen and oxygen atoms in total. The number of rotatable bonds is 3. The third-order valence-electron chi connectivity index (χ3n) is 4.38. The van der Waals surface area contributed by atoms with Crippen LogP contribution in [0.15, 0.2) is 18.2 Å². The number of carbonyl (C=O) groups is 1. The summed E-state index contributed by atoms with van der Waals surface area (Å²) < 4.78 is 0. The van der Waals surface area contributed by atoms with Crippen molar-refractivity contribution in [3.63, 3.8) is 0 Å². The van der Waals surface area contributed by atoms with E-state index in [2.05, 4.69) is 10.6 Å². The quantitative estimate of drug-likeness (QED) is 0.795. The van der Waals surface area contributed by atoms with Gasteiger partial charge in [0.05, 0.1) is 6.61 Å². The van der Waals surface area contributed by atoms with Crippen LogP contribution in [0.25, 0.3) is 0 Å². The van der Waals surface area contributed by atoms with Crippen LogP contribution < -0.4 is 10.6 Å². The molecule has 1 fully saturated rings. The normalized spacial score (nSPS) is 25.5. The summed E-state index contributed by atoms with van der Waals surface area (Å²) in [7, 11) is 0. The average Bonchev–Trinajstić information content (AvgIpc) is 2.75. The van der Waals surface area contributed by atoms with Crippen LogP contribution in [0, 0.1) is 19.3 Å². The number of aryl methyl sites for hydroxylation is 2. The number of aliphatic hydroxyl groups excluding tert-OH is 1. The lowest BCUT2D eigenvalue weighted by Crippen LogP contribution is -2.46. The van der Waals surface area contributed by atoms with Crippen LogP contribution in [0.5, 0.6) is 0 Å². The van der Waals surface area contributed by atoms with Crippen LogP contribution >= 0.6 is 0 Å². The number of carbonyl (C=O) groups excluding carboxylic acids is 1. The number of amides is 2. The number of anilines is 1. The molecule has 0 saturated heterocycles. The van der Waals surface area contributed by atoms with Gasteiger partial charge in [0, 0.05) is 17.1 Å². The van der Waals surface area contributed by atoms with Crippen LogP contribution in [-0.4, -0.2) is 23.8 Å². The molecule has 1 aromatic carbocycles. The highest BCUT2D eigenvalue weighted by molar-refractivity contribution is 5.90. The summed E-state index contributed by atoms with van der Waals surface area (Å²) in [5.74, 6) is 0. The lowest BCUT2D eigenvalue weighted by Gasteiger charge is -2.30. The molecular formula is C16H24N2O2. The van der Waals surface area contributed by atoms with E-state index in [4.69, 9.17) is 0 Å². The maximum atomic E-state index is 12.1. The average molecular weight is 276 g/mol. The van der Waals surface area contributed by atoms with E-state index in [1.54, 1.807) is 0 Å². The van der Waals surface area contributed by atoms with Gasteiger partial charge in [-0.05, 0) is 38.3 Å². The van der Waals surface area contributed by atoms with Crippen molar-refractivity contribution in [2.75, 3.05) is 11.9 Å². The van der Waals surface area contributed by atoms with Gasteiger partial charge in [0.2, 0.25) is 0 Å². The summed E-state index contributed by atoms with van der Waals surface area (Å²) in [6.07, 6.45) is 2.93. The molecule has 2 unspecified atom stereocenters. The zero-order valence-corrected chi connectivity index (χ0v) is 12.5. The van der Waals surface area contributed by atoms with Gasteiger partial charge in [0.1, 0.15) is 0 Å². The standard InChI is InChI=1S/C16H24N2O2/c1-11-6-7-13(12(2)9-11)17-15(20)18-14-5-4-8-16(14,3)10-19/h6-7,9,14,19H,4-5,8,10H2,1-3H3,(H2,17,18,20). The predicted molar refractivity (Wildman–Crippen MR) is 80.9 cm³/mol. The van der Waals surface area contributed by atoms with Gasteiger partial charge in [-0.25, -0.2) is 4.79 Å². The van der Waals surface area contributed by atoms with Crippen molar-refractivity contribution in [1.82, 2.24) is 5.32 Å². The van der Waals surface area contributed by atoms with Gasteiger partial charge < -0.3 is 15.7 Å². The maximum absolute atomic E-state index is 12.1. The summed E-state index contributed by atoms with van der Waals surface area (Å²) in [5, 5.41) is 15.4. The number of aliphatic hydroxyl groups is 1. The molecule has 0 radical (unpaired) electrons. The topological polar surface area (TPSA) is 61.4 Å². The van der Waals surface area contributed by atoms with Crippen molar-refractivity contribution in [1.29, 1.82) is 0 Å². The lowest BCUT2D eigenvalue weighted by molar-refractivity contribution is 0.122. The summed E-state index contributed by atoms with van der Waals surface area (Å²) in [6.45, 7) is 6.15. The van der Waals surface area contributed by atoms with Gasteiger partial charge >= 0.3 is 6.03 Å². The van der Waals surface area contributed by atoms with Crippen LogP contribution in [0.3, 0.4) is 0 Å². The molecular weight excluding hydrogens is 252 g/mol. The fourth-order valence-corrected chi connectivity index (χ4v) is 2.94. The van der Waals surface area contributed by atoms with Gasteiger partial charge in [0.25, 0.3) is 0 Å². The van der Waals surface area contributed by atoms with E-state index >= 15 is 0 Å². The SMILES string of the molecule is Cc1ccc(NC(=O)NC2CCCC2(C)CO)c(C)c1. The molecule has 0 aromatic heterocycles. The molecule has 0 heterocycles. The van der Waals surface area contributed by atoms with Crippen molar-refractivity contribution in [2.24, 2.45) is 5.41 Å². The molecule has 0 bridgehead atoms. The van der Waals surface area contributed by atoms with Gasteiger partial charge in [0.15, 0.2) is 0 Å². The molecule has 110 valence electrons. The molecule has 2 atom stereocenters. The van der Waals surface area contributed by atoms with Crippen molar-refractivity contribution >= 4 is 11.7 Å². The Balaban J connectivity index is 1.99. The van der Waals surface area contributed by atoms with Crippen molar-refractivity contribution in [2.45, 2.75) is 46.1 Å². The Labute approximate surface area is 120 Å². The Morgan fingerprint density at radius 1 is 1.45 bits per heavy atom. The van der Waals surface area contributed by atoms with Gasteiger partial charge in [-0.3, -0.25) is 0 Å². The number of hydrogen-bond acceptors (Lipinski definition) is 2. The van der Waals surface area contributed by atoms with Crippen molar-refractivity contribution in [3.05, 3.63) is 29.3 Å². The highest BCUT2D eigenvalue weighted by atomic mass is 16.3. The monoisotopic (exact) mass is 276 g/mol. The van der Waals surface area contributed by atoms with E-state index in [0.717, 1.165) is 30.5 Å². The lowest BCUT2D eigenvalue weighted by atomic mass is 9.86. The summed E-state index contributed by atoms with van der Waals surface area (Å²) >= 11 is 0. The second-order valence-corrected chi connectivity index (χ2v) is 6.17. The highest BCUT2D eigenvalue weighted by Crippen LogP contribution is 2.37.